The van der Waals surface area contributed by atoms with Crippen LogP contribution in [0.15, 0.2) is 42.9 Å². The second-order valence-electron chi connectivity index (χ2n) is 7.93. The van der Waals surface area contributed by atoms with Crippen molar-refractivity contribution in [3.05, 3.63) is 59.8 Å². The fourth-order valence-electron chi connectivity index (χ4n) is 4.07. The van der Waals surface area contributed by atoms with Crippen molar-refractivity contribution < 1.29 is 23.5 Å². The van der Waals surface area contributed by atoms with Crippen molar-refractivity contribution in [3.63, 3.8) is 0 Å². The summed E-state index contributed by atoms with van der Waals surface area (Å²) in [4.78, 5) is 33.2. The van der Waals surface area contributed by atoms with Crippen LogP contribution in [-0.4, -0.2) is 69.6 Å². The molecule has 2 atom stereocenters. The van der Waals surface area contributed by atoms with Gasteiger partial charge in [0.2, 0.25) is 0 Å². The Balaban J connectivity index is 1.61. The minimum absolute atomic E-state index is 0.0782. The number of piperidine rings is 1. The highest BCUT2D eigenvalue weighted by Crippen LogP contribution is 2.29. The first kappa shape index (κ1) is 23.1. The van der Waals surface area contributed by atoms with Gasteiger partial charge in [0.1, 0.15) is 22.9 Å². The lowest BCUT2D eigenvalue weighted by Gasteiger charge is -2.39. The fourth-order valence-corrected chi connectivity index (χ4v) is 4.07. The smallest absolute Gasteiger partial charge is 0.345 e. The molecule has 4 rings (SSSR count). The number of pyridine rings is 1. The van der Waals surface area contributed by atoms with E-state index in [0.29, 0.717) is 30.2 Å². The largest absolute Gasteiger partial charge is 0.496 e. The Bertz CT molecular complexity index is 1190. The summed E-state index contributed by atoms with van der Waals surface area (Å²) in [7, 11) is 2.74. The van der Waals surface area contributed by atoms with E-state index in [-0.39, 0.29) is 29.1 Å². The van der Waals surface area contributed by atoms with Gasteiger partial charge in [0.15, 0.2) is 0 Å². The number of hydrogen-bond acceptors (Lipinski definition) is 8. The molecule has 0 aliphatic carbocycles. The number of hydrogen-bond donors (Lipinski definition) is 1. The number of halogens is 1. The molecule has 1 fully saturated rings. The maximum atomic E-state index is 14.1. The molecule has 2 unspecified atom stereocenters. The van der Waals surface area contributed by atoms with Crippen LogP contribution < -0.4 is 10.1 Å². The molecule has 3 heterocycles. The van der Waals surface area contributed by atoms with E-state index in [0.717, 1.165) is 6.42 Å². The number of carbonyl (C=O) groups is 2. The maximum absolute atomic E-state index is 14.1. The normalized spacial score (nSPS) is 17.8. The molecule has 1 aliphatic heterocycles. The number of ether oxygens (including phenoxy) is 2. The molecule has 34 heavy (non-hydrogen) atoms. The number of methoxy groups -OCH3 is 2. The van der Waals surface area contributed by atoms with Gasteiger partial charge in [0, 0.05) is 24.8 Å². The van der Waals surface area contributed by atoms with Gasteiger partial charge in [-0.25, -0.2) is 14.2 Å². The van der Waals surface area contributed by atoms with E-state index in [1.807, 2.05) is 6.92 Å². The molecular formula is C23H25FN6O4. The lowest BCUT2D eigenvalue weighted by molar-refractivity contribution is 0.0591. The molecule has 2 aromatic heterocycles. The highest BCUT2D eigenvalue weighted by Gasteiger charge is 2.32. The summed E-state index contributed by atoms with van der Waals surface area (Å²) in [6.45, 7) is 2.27. The first-order valence-electron chi connectivity index (χ1n) is 10.8. The van der Waals surface area contributed by atoms with E-state index < -0.39 is 11.8 Å². The Kier molecular flexibility index (Phi) is 6.71. The Morgan fingerprint density at radius 2 is 1.88 bits per heavy atom. The van der Waals surface area contributed by atoms with Crippen LogP contribution in [0.2, 0.25) is 0 Å². The lowest BCUT2D eigenvalue weighted by Crippen LogP contribution is -2.50. The molecule has 11 heteroatoms. The lowest BCUT2D eigenvalue weighted by atomic mass is 9.97. The number of amides is 1. The van der Waals surface area contributed by atoms with E-state index in [1.54, 1.807) is 11.0 Å². The van der Waals surface area contributed by atoms with E-state index in [1.165, 1.54) is 55.8 Å². The molecule has 1 amide bonds. The van der Waals surface area contributed by atoms with E-state index >= 15 is 0 Å². The Hall–Kier alpha value is -4.02. The number of rotatable bonds is 6. The van der Waals surface area contributed by atoms with Gasteiger partial charge in [-0.05, 0) is 44.0 Å². The van der Waals surface area contributed by atoms with Crippen LogP contribution in [0, 0.1) is 5.82 Å². The zero-order chi connectivity index (χ0) is 24.2. The third kappa shape index (κ3) is 4.54. The number of likely N-dealkylation sites (tertiary alicyclic amines) is 1. The Labute approximate surface area is 195 Å². The summed E-state index contributed by atoms with van der Waals surface area (Å²) in [6.07, 6.45) is 5.94. The fraction of sp³-hybridized carbons (Fsp3) is 0.348. The maximum Gasteiger partial charge on any atom is 0.345 e. The van der Waals surface area contributed by atoms with Crippen molar-refractivity contribution in [3.8, 4) is 11.4 Å². The molecule has 0 radical (unpaired) electrons. The van der Waals surface area contributed by atoms with Crippen LogP contribution in [0.5, 0.6) is 5.75 Å². The highest BCUT2D eigenvalue weighted by molar-refractivity contribution is 5.98. The van der Waals surface area contributed by atoms with Crippen LogP contribution in [0.25, 0.3) is 5.69 Å². The molecule has 1 aromatic carbocycles. The zero-order valence-corrected chi connectivity index (χ0v) is 19.1. The standard InChI is InChI=1S/C23H25FN6O4/c1-14-4-6-16(28-21-20(23(32)34-3)19(33-2)8-9-25-21)13-29(14)22(31)17-12-15(24)5-7-18(17)30-26-10-11-27-30/h5,7-12,14,16H,4,6,13H2,1-3H3,(H,25,28). The van der Waals surface area contributed by atoms with Crippen molar-refractivity contribution in [2.75, 3.05) is 26.1 Å². The number of nitrogens with zero attached hydrogens (tertiary/aromatic N) is 5. The predicted molar refractivity (Wildman–Crippen MR) is 121 cm³/mol. The average molecular weight is 468 g/mol. The zero-order valence-electron chi connectivity index (χ0n) is 19.1. The van der Waals surface area contributed by atoms with Crippen molar-refractivity contribution in [2.24, 2.45) is 0 Å². The van der Waals surface area contributed by atoms with Crippen LogP contribution in [0.4, 0.5) is 10.2 Å². The Morgan fingerprint density at radius 3 is 2.59 bits per heavy atom. The van der Waals surface area contributed by atoms with E-state index in [4.69, 9.17) is 9.47 Å². The number of benzene rings is 1. The molecule has 178 valence electrons. The first-order valence-corrected chi connectivity index (χ1v) is 10.8. The van der Waals surface area contributed by atoms with Gasteiger partial charge < -0.3 is 19.7 Å². The van der Waals surface area contributed by atoms with Crippen LogP contribution in [0.3, 0.4) is 0 Å². The number of esters is 1. The van der Waals surface area contributed by atoms with E-state index in [9.17, 15) is 14.0 Å². The van der Waals surface area contributed by atoms with Gasteiger partial charge in [-0.1, -0.05) is 0 Å². The Morgan fingerprint density at radius 1 is 1.12 bits per heavy atom. The highest BCUT2D eigenvalue weighted by atomic mass is 19.1. The SMILES string of the molecule is COC(=O)c1c(OC)ccnc1NC1CCC(C)N(C(=O)c2cc(F)ccc2-n2nccn2)C1. The van der Waals surface area contributed by atoms with Crippen molar-refractivity contribution >= 4 is 17.7 Å². The molecule has 1 saturated heterocycles. The number of anilines is 1. The second kappa shape index (κ2) is 9.86. The van der Waals surface area contributed by atoms with Crippen LogP contribution >= 0.6 is 0 Å². The summed E-state index contributed by atoms with van der Waals surface area (Å²) in [5.74, 6) is -0.803. The molecular weight excluding hydrogens is 443 g/mol. The minimum atomic E-state index is -0.583. The average Bonchev–Trinajstić information content (AvgIpc) is 3.39. The summed E-state index contributed by atoms with van der Waals surface area (Å²) in [5.41, 5.74) is 0.737. The van der Waals surface area contributed by atoms with Crippen molar-refractivity contribution in [1.82, 2.24) is 24.9 Å². The number of carbonyl (C=O) groups excluding carboxylic acids is 2. The topological polar surface area (TPSA) is 111 Å². The summed E-state index contributed by atoms with van der Waals surface area (Å²) >= 11 is 0. The quantitative estimate of drug-likeness (QED) is 0.550. The predicted octanol–water partition coefficient (Wildman–Crippen LogP) is 2.70. The molecule has 1 N–H and O–H groups in total. The molecule has 3 aromatic rings. The summed E-state index contributed by atoms with van der Waals surface area (Å²) < 4.78 is 24.3. The molecule has 0 spiro atoms. The van der Waals surface area contributed by atoms with E-state index in [2.05, 4.69) is 20.5 Å². The van der Waals surface area contributed by atoms with Gasteiger partial charge in [-0.2, -0.15) is 15.0 Å². The van der Waals surface area contributed by atoms with Crippen molar-refractivity contribution in [2.45, 2.75) is 31.8 Å². The molecule has 0 bridgehead atoms. The summed E-state index contributed by atoms with van der Waals surface area (Å²) in [6, 6.07) is 5.24. The number of nitrogens with one attached hydrogen (secondary N) is 1. The third-order valence-corrected chi connectivity index (χ3v) is 5.83. The second-order valence-corrected chi connectivity index (χ2v) is 7.93. The minimum Gasteiger partial charge on any atom is -0.496 e. The van der Waals surface area contributed by atoms with Gasteiger partial charge in [0.25, 0.3) is 5.91 Å². The monoisotopic (exact) mass is 468 g/mol. The number of aromatic nitrogens is 4. The molecule has 1 aliphatic rings. The third-order valence-electron chi connectivity index (χ3n) is 5.83. The van der Waals surface area contributed by atoms with Gasteiger partial charge in [0.05, 0.1) is 37.9 Å². The van der Waals surface area contributed by atoms with Crippen molar-refractivity contribution in [1.29, 1.82) is 0 Å². The molecule has 10 nitrogen and oxygen atoms in total. The van der Waals surface area contributed by atoms with Crippen LogP contribution in [-0.2, 0) is 4.74 Å². The van der Waals surface area contributed by atoms with Gasteiger partial charge >= 0.3 is 5.97 Å². The van der Waals surface area contributed by atoms with Gasteiger partial charge in [-0.3, -0.25) is 4.79 Å². The molecule has 0 saturated carbocycles. The van der Waals surface area contributed by atoms with Crippen LogP contribution in [0.1, 0.15) is 40.5 Å². The first-order chi connectivity index (χ1) is 16.4. The van der Waals surface area contributed by atoms with Gasteiger partial charge in [-0.15, -0.1) is 0 Å². The summed E-state index contributed by atoms with van der Waals surface area (Å²) in [5, 5.41) is 11.4.